The fraction of sp³-hybridized carbons (Fsp3) is 0.200. The lowest BCUT2D eigenvalue weighted by Gasteiger charge is -2.33. The molecule has 2 aromatic carbocycles. The number of rotatable bonds is 3. The van der Waals surface area contributed by atoms with E-state index in [1.807, 2.05) is 41.8 Å². The largest absolute Gasteiger partial charge is 0.495 e. The van der Waals surface area contributed by atoms with Crippen LogP contribution in [-0.2, 0) is 4.79 Å². The first kappa shape index (κ1) is 21.6. The van der Waals surface area contributed by atoms with E-state index in [4.69, 9.17) is 16.3 Å². The number of urea groups is 1. The number of thiophene rings is 1. The van der Waals surface area contributed by atoms with E-state index in [-0.39, 0.29) is 11.8 Å². The van der Waals surface area contributed by atoms with E-state index in [1.54, 1.807) is 23.1 Å². The topological polar surface area (TPSA) is 70.7 Å². The lowest BCUT2D eigenvalue weighted by molar-refractivity contribution is -0.116. The number of carbonyl (C=O) groups is 2. The van der Waals surface area contributed by atoms with Gasteiger partial charge in [0.15, 0.2) is 5.78 Å². The number of nitrogens with zero attached hydrogens (tertiary/aromatic N) is 1. The zero-order valence-electron chi connectivity index (χ0n) is 17.9. The summed E-state index contributed by atoms with van der Waals surface area (Å²) in [6, 6.07) is 15.7. The molecule has 0 radical (unpaired) electrons. The van der Waals surface area contributed by atoms with E-state index < -0.39 is 6.04 Å². The third-order valence-electron chi connectivity index (χ3n) is 5.87. The average Bonchev–Trinajstić information content (AvgIpc) is 3.28. The Morgan fingerprint density at radius 3 is 2.82 bits per heavy atom. The number of anilines is 3. The van der Waals surface area contributed by atoms with Crippen molar-refractivity contribution in [3.05, 3.63) is 81.1 Å². The van der Waals surface area contributed by atoms with Gasteiger partial charge in [0.2, 0.25) is 0 Å². The van der Waals surface area contributed by atoms with Crippen molar-refractivity contribution in [1.29, 1.82) is 0 Å². The summed E-state index contributed by atoms with van der Waals surface area (Å²) in [7, 11) is 1.54. The Hall–Kier alpha value is -3.29. The van der Waals surface area contributed by atoms with Gasteiger partial charge in [-0.3, -0.25) is 9.69 Å². The van der Waals surface area contributed by atoms with Crippen LogP contribution in [0.15, 0.2) is 71.2 Å². The highest BCUT2D eigenvalue weighted by Crippen LogP contribution is 2.46. The molecule has 2 aliphatic rings. The average molecular weight is 480 g/mol. The molecule has 1 atom stereocenters. The molecule has 1 aliphatic carbocycles. The van der Waals surface area contributed by atoms with Crippen LogP contribution in [0.3, 0.4) is 0 Å². The summed E-state index contributed by atoms with van der Waals surface area (Å²) in [5.74, 6) is 0.559. The number of ether oxygens (including phenoxy) is 1. The van der Waals surface area contributed by atoms with E-state index in [0.717, 1.165) is 29.1 Å². The molecule has 1 aromatic heterocycles. The third-order valence-corrected chi connectivity index (χ3v) is 7.03. The van der Waals surface area contributed by atoms with Crippen molar-refractivity contribution in [2.45, 2.75) is 25.3 Å². The van der Waals surface area contributed by atoms with Crippen LogP contribution in [0, 0.1) is 0 Å². The lowest BCUT2D eigenvalue weighted by atomic mass is 9.88. The summed E-state index contributed by atoms with van der Waals surface area (Å²) < 4.78 is 5.42. The summed E-state index contributed by atoms with van der Waals surface area (Å²) in [5.41, 5.74) is 3.46. The molecule has 8 heteroatoms. The number of benzene rings is 2. The van der Waals surface area contributed by atoms with Gasteiger partial charge >= 0.3 is 6.03 Å². The zero-order chi connectivity index (χ0) is 22.9. The molecule has 0 saturated heterocycles. The van der Waals surface area contributed by atoms with E-state index in [1.165, 1.54) is 18.4 Å². The van der Waals surface area contributed by atoms with Gasteiger partial charge in [-0.25, -0.2) is 4.79 Å². The number of hydrogen-bond donors (Lipinski definition) is 2. The van der Waals surface area contributed by atoms with E-state index in [9.17, 15) is 9.59 Å². The number of hydrogen-bond acceptors (Lipinski definition) is 5. The van der Waals surface area contributed by atoms with Crippen molar-refractivity contribution < 1.29 is 14.3 Å². The quantitative estimate of drug-likeness (QED) is 0.442. The molecule has 6 nitrogen and oxygen atoms in total. The molecule has 3 aromatic rings. The van der Waals surface area contributed by atoms with E-state index in [0.29, 0.717) is 34.1 Å². The molecule has 33 heavy (non-hydrogen) atoms. The Balaban J connectivity index is 1.67. The van der Waals surface area contributed by atoms with Gasteiger partial charge < -0.3 is 15.4 Å². The molecule has 0 saturated carbocycles. The summed E-state index contributed by atoms with van der Waals surface area (Å²) in [6.07, 6.45) is 2.01. The second kappa shape index (κ2) is 8.92. The number of amides is 2. The van der Waals surface area contributed by atoms with Crippen molar-refractivity contribution in [3.8, 4) is 5.75 Å². The molecule has 168 valence electrons. The summed E-state index contributed by atoms with van der Waals surface area (Å²) >= 11 is 7.72. The van der Waals surface area contributed by atoms with Crippen LogP contribution in [0.25, 0.3) is 0 Å². The Morgan fingerprint density at radius 2 is 2.03 bits per heavy atom. The van der Waals surface area contributed by atoms with Crippen LogP contribution < -0.4 is 20.3 Å². The first-order valence-corrected chi connectivity index (χ1v) is 11.9. The molecule has 0 spiro atoms. The van der Waals surface area contributed by atoms with Crippen LogP contribution in [0.4, 0.5) is 21.9 Å². The van der Waals surface area contributed by atoms with Crippen LogP contribution in [-0.4, -0.2) is 18.9 Å². The molecule has 2 heterocycles. The first-order valence-electron chi connectivity index (χ1n) is 10.7. The number of carbonyl (C=O) groups excluding carboxylic acids is 2. The standard InChI is InChI=1S/C25H22ClN3O3S/c1-32-21-12-11-15(26)14-18(21)28-25(31)29-19-8-3-2-6-16(19)27-17-7-4-9-20(30)23(17)24(29)22-10-5-13-33-22/h2-3,5-6,8,10-14,24,27H,4,7,9H2,1H3,(H,28,31)/t24-/m0/s1. The van der Waals surface area contributed by atoms with Crippen molar-refractivity contribution in [3.63, 3.8) is 0 Å². The Labute approximate surface area is 200 Å². The smallest absolute Gasteiger partial charge is 0.327 e. The van der Waals surface area contributed by atoms with Gasteiger partial charge in [0, 0.05) is 27.6 Å². The van der Waals surface area contributed by atoms with Crippen molar-refractivity contribution >= 4 is 51.8 Å². The molecule has 0 unspecified atom stereocenters. The number of allylic oxidation sites excluding steroid dienone is 1. The zero-order valence-corrected chi connectivity index (χ0v) is 19.5. The Morgan fingerprint density at radius 1 is 1.18 bits per heavy atom. The third kappa shape index (κ3) is 3.98. The summed E-state index contributed by atoms with van der Waals surface area (Å²) in [6.45, 7) is 0. The normalized spacial score (nSPS) is 17.6. The number of methoxy groups -OCH3 is 1. The van der Waals surface area contributed by atoms with Crippen LogP contribution in [0.2, 0.25) is 5.02 Å². The SMILES string of the molecule is COc1ccc(Cl)cc1NC(=O)N1c2ccccc2NC2=C(C(=O)CCC2)[C@@H]1c1cccs1. The second-order valence-corrected chi connectivity index (χ2v) is 9.29. The van der Waals surface area contributed by atoms with Crippen molar-refractivity contribution in [1.82, 2.24) is 0 Å². The minimum absolute atomic E-state index is 0.0630. The fourth-order valence-electron chi connectivity index (χ4n) is 4.43. The maximum atomic E-state index is 13.9. The molecule has 1 aliphatic heterocycles. The van der Waals surface area contributed by atoms with Crippen molar-refractivity contribution in [2.75, 3.05) is 22.6 Å². The number of fused-ring (bicyclic) bond motifs is 1. The Bertz CT molecular complexity index is 1260. The van der Waals surface area contributed by atoms with Gasteiger partial charge in [-0.05, 0) is 54.6 Å². The minimum atomic E-state index is -0.547. The molecular weight excluding hydrogens is 458 g/mol. The van der Waals surface area contributed by atoms with Gasteiger partial charge in [0.1, 0.15) is 11.8 Å². The van der Waals surface area contributed by atoms with E-state index >= 15 is 0 Å². The predicted octanol–water partition coefficient (Wildman–Crippen LogP) is 6.62. The van der Waals surface area contributed by atoms with Gasteiger partial charge in [-0.1, -0.05) is 29.8 Å². The maximum absolute atomic E-state index is 13.9. The molecule has 0 bridgehead atoms. The van der Waals surface area contributed by atoms with Crippen LogP contribution in [0.1, 0.15) is 30.2 Å². The number of halogens is 1. The van der Waals surface area contributed by atoms with Gasteiger partial charge in [-0.2, -0.15) is 0 Å². The summed E-state index contributed by atoms with van der Waals surface area (Å²) in [5, 5.41) is 8.86. The highest BCUT2D eigenvalue weighted by atomic mass is 35.5. The number of para-hydroxylation sites is 2. The van der Waals surface area contributed by atoms with Gasteiger partial charge in [0.25, 0.3) is 0 Å². The molecule has 2 amide bonds. The molecule has 2 N–H and O–H groups in total. The van der Waals surface area contributed by atoms with Crippen LogP contribution >= 0.6 is 22.9 Å². The number of Topliss-reactive ketones (excluding diaryl/α,β-unsaturated/α-hetero) is 1. The minimum Gasteiger partial charge on any atom is -0.495 e. The lowest BCUT2D eigenvalue weighted by Crippen LogP contribution is -2.40. The number of nitrogens with one attached hydrogen (secondary N) is 2. The van der Waals surface area contributed by atoms with Gasteiger partial charge in [-0.15, -0.1) is 11.3 Å². The number of ketones is 1. The van der Waals surface area contributed by atoms with Gasteiger partial charge in [0.05, 0.1) is 24.2 Å². The second-order valence-electron chi connectivity index (χ2n) is 7.87. The fourth-order valence-corrected chi connectivity index (χ4v) is 5.42. The summed E-state index contributed by atoms with van der Waals surface area (Å²) in [4.78, 5) is 29.7. The highest BCUT2D eigenvalue weighted by molar-refractivity contribution is 7.10. The highest BCUT2D eigenvalue weighted by Gasteiger charge is 2.40. The monoisotopic (exact) mass is 479 g/mol. The molecule has 5 rings (SSSR count). The molecule has 0 fully saturated rings. The first-order chi connectivity index (χ1) is 16.1. The molecular formula is C25H22ClN3O3S. The Kier molecular flexibility index (Phi) is 5.83. The van der Waals surface area contributed by atoms with Crippen LogP contribution in [0.5, 0.6) is 5.75 Å². The predicted molar refractivity (Wildman–Crippen MR) is 133 cm³/mol. The van der Waals surface area contributed by atoms with E-state index in [2.05, 4.69) is 10.6 Å². The van der Waals surface area contributed by atoms with Crippen molar-refractivity contribution in [2.24, 2.45) is 0 Å². The maximum Gasteiger partial charge on any atom is 0.327 e.